The number of benzene rings is 6. The standard InChI is InChI=1S/C46H38N4/c1-45(2,3)33-17-21-41-38(25-33)36-23-29(15-19-40(36)49(41)35-13-8-7-9-14-35)30-16-20-42-37(24-30)39-26-34(46(4,5)6)18-22-43(39)50(42)44-31(27-47)11-10-12-32(44)28-48/h7-26H,1-6H3. The summed E-state index contributed by atoms with van der Waals surface area (Å²) in [4.78, 5) is 0. The molecule has 0 aliphatic rings. The van der Waals surface area contributed by atoms with Gasteiger partial charge in [-0.3, -0.25) is 0 Å². The van der Waals surface area contributed by atoms with Crippen molar-refractivity contribution in [2.75, 3.05) is 0 Å². The number of rotatable bonds is 3. The monoisotopic (exact) mass is 646 g/mol. The number of nitrogens with zero attached hydrogens (tertiary/aromatic N) is 4. The van der Waals surface area contributed by atoms with Crippen LogP contribution in [-0.4, -0.2) is 9.13 Å². The molecular formula is C46H38N4. The highest BCUT2D eigenvalue weighted by Gasteiger charge is 2.22. The van der Waals surface area contributed by atoms with E-state index in [4.69, 9.17) is 0 Å². The van der Waals surface area contributed by atoms with Gasteiger partial charge in [0.15, 0.2) is 0 Å². The first-order valence-corrected chi connectivity index (χ1v) is 17.1. The zero-order valence-electron chi connectivity index (χ0n) is 29.3. The minimum atomic E-state index is -0.0491. The van der Waals surface area contributed by atoms with Crippen LogP contribution < -0.4 is 0 Å². The minimum Gasteiger partial charge on any atom is -0.309 e. The molecule has 0 saturated heterocycles. The summed E-state index contributed by atoms with van der Waals surface area (Å²) in [6.07, 6.45) is 0. The van der Waals surface area contributed by atoms with Crippen molar-refractivity contribution >= 4 is 43.6 Å². The molecule has 0 bridgehead atoms. The molecule has 242 valence electrons. The van der Waals surface area contributed by atoms with E-state index in [-0.39, 0.29) is 10.8 Å². The predicted octanol–water partition coefficient (Wildman–Crippen LogP) is 11.9. The number of para-hydroxylation sites is 2. The fourth-order valence-corrected chi connectivity index (χ4v) is 7.40. The maximum absolute atomic E-state index is 10.1. The zero-order valence-corrected chi connectivity index (χ0v) is 29.3. The van der Waals surface area contributed by atoms with Gasteiger partial charge in [0, 0.05) is 27.2 Å². The van der Waals surface area contributed by atoms with Gasteiger partial charge >= 0.3 is 0 Å². The molecular weight excluding hydrogens is 609 g/mol. The van der Waals surface area contributed by atoms with Crippen LogP contribution in [0.25, 0.3) is 66.1 Å². The number of fused-ring (bicyclic) bond motifs is 6. The summed E-state index contributed by atoms with van der Waals surface area (Å²) in [6.45, 7) is 13.5. The van der Waals surface area contributed by atoms with Crippen LogP contribution in [-0.2, 0) is 10.8 Å². The molecule has 8 aromatic rings. The first-order chi connectivity index (χ1) is 24.0. The Hall–Kier alpha value is -6.10. The van der Waals surface area contributed by atoms with Gasteiger partial charge in [-0.25, -0.2) is 0 Å². The molecule has 50 heavy (non-hydrogen) atoms. The van der Waals surface area contributed by atoms with Crippen molar-refractivity contribution in [3.63, 3.8) is 0 Å². The van der Waals surface area contributed by atoms with Gasteiger partial charge in [-0.15, -0.1) is 0 Å². The Balaban J connectivity index is 1.41. The van der Waals surface area contributed by atoms with E-state index in [1.165, 1.54) is 32.9 Å². The van der Waals surface area contributed by atoms with Gasteiger partial charge in [-0.2, -0.15) is 10.5 Å². The van der Waals surface area contributed by atoms with Gasteiger partial charge in [-0.05, 0) is 106 Å². The van der Waals surface area contributed by atoms with Crippen LogP contribution in [0.1, 0.15) is 63.8 Å². The molecule has 0 amide bonds. The van der Waals surface area contributed by atoms with Crippen LogP contribution in [0.4, 0.5) is 0 Å². The molecule has 6 aromatic carbocycles. The van der Waals surface area contributed by atoms with Crippen molar-refractivity contribution in [3.05, 3.63) is 144 Å². The molecule has 0 fully saturated rings. The lowest BCUT2D eigenvalue weighted by atomic mass is 9.86. The minimum absolute atomic E-state index is 0.0215. The first kappa shape index (κ1) is 31.2. The second kappa shape index (κ2) is 11.2. The normalized spacial score (nSPS) is 12.2. The molecule has 2 aromatic heterocycles. The Morgan fingerprint density at radius 2 is 0.860 bits per heavy atom. The molecule has 0 unspecified atom stereocenters. The van der Waals surface area contributed by atoms with Crippen LogP contribution in [0.5, 0.6) is 0 Å². The topological polar surface area (TPSA) is 57.4 Å². The highest BCUT2D eigenvalue weighted by atomic mass is 15.0. The summed E-state index contributed by atoms with van der Waals surface area (Å²) >= 11 is 0. The average molecular weight is 647 g/mol. The van der Waals surface area contributed by atoms with E-state index in [0.29, 0.717) is 16.8 Å². The Kier molecular flexibility index (Phi) is 7.00. The van der Waals surface area contributed by atoms with Gasteiger partial charge in [0.25, 0.3) is 0 Å². The van der Waals surface area contributed by atoms with Crippen molar-refractivity contribution in [2.24, 2.45) is 0 Å². The van der Waals surface area contributed by atoms with Crippen molar-refractivity contribution in [3.8, 4) is 34.6 Å². The van der Waals surface area contributed by atoms with E-state index in [2.05, 4.69) is 166 Å². The average Bonchev–Trinajstić information content (AvgIpc) is 3.62. The van der Waals surface area contributed by atoms with Crippen LogP contribution in [0.2, 0.25) is 0 Å². The fourth-order valence-electron chi connectivity index (χ4n) is 7.40. The summed E-state index contributed by atoms with van der Waals surface area (Å²) in [5, 5.41) is 24.9. The molecule has 0 aliphatic heterocycles. The maximum atomic E-state index is 10.1. The molecule has 0 aliphatic carbocycles. The zero-order chi connectivity index (χ0) is 34.9. The lowest BCUT2D eigenvalue weighted by Gasteiger charge is -2.19. The largest absolute Gasteiger partial charge is 0.309 e. The van der Waals surface area contributed by atoms with Crippen molar-refractivity contribution in [1.29, 1.82) is 10.5 Å². The smallest absolute Gasteiger partial charge is 0.101 e. The van der Waals surface area contributed by atoms with E-state index >= 15 is 0 Å². The lowest BCUT2D eigenvalue weighted by molar-refractivity contribution is 0.591. The van der Waals surface area contributed by atoms with Crippen LogP contribution in [0.3, 0.4) is 0 Å². The van der Waals surface area contributed by atoms with Crippen LogP contribution in [0, 0.1) is 22.7 Å². The van der Waals surface area contributed by atoms with E-state index in [9.17, 15) is 10.5 Å². The molecule has 0 spiro atoms. The van der Waals surface area contributed by atoms with Crippen LogP contribution in [0.15, 0.2) is 121 Å². The van der Waals surface area contributed by atoms with Gasteiger partial charge in [0.2, 0.25) is 0 Å². The van der Waals surface area contributed by atoms with Crippen molar-refractivity contribution in [1.82, 2.24) is 9.13 Å². The SMILES string of the molecule is CC(C)(C)c1ccc2c(c1)c1cc(-c3ccc4c(c3)c3cc(C(C)(C)C)ccc3n4-c3c(C#N)cccc3C#N)ccc1n2-c1ccccc1. The summed E-state index contributed by atoms with van der Waals surface area (Å²) in [5.41, 5.74) is 11.8. The maximum Gasteiger partial charge on any atom is 0.101 e. The first-order valence-electron chi connectivity index (χ1n) is 17.1. The number of aromatic nitrogens is 2. The van der Waals surface area contributed by atoms with Crippen molar-refractivity contribution in [2.45, 2.75) is 52.4 Å². The van der Waals surface area contributed by atoms with E-state index in [1.807, 2.05) is 0 Å². The van der Waals surface area contributed by atoms with E-state index in [1.54, 1.807) is 18.2 Å². The van der Waals surface area contributed by atoms with Gasteiger partial charge in [0.1, 0.15) is 12.1 Å². The Morgan fingerprint density at radius 1 is 0.440 bits per heavy atom. The Morgan fingerprint density at radius 3 is 1.30 bits per heavy atom. The lowest BCUT2D eigenvalue weighted by Crippen LogP contribution is -2.10. The molecule has 4 nitrogen and oxygen atoms in total. The summed E-state index contributed by atoms with van der Waals surface area (Å²) in [6, 6.07) is 47.5. The molecule has 0 radical (unpaired) electrons. The number of hydrogen-bond acceptors (Lipinski definition) is 2. The van der Waals surface area contributed by atoms with E-state index in [0.717, 1.165) is 38.6 Å². The second-order valence-corrected chi connectivity index (χ2v) is 15.4. The molecule has 0 atom stereocenters. The van der Waals surface area contributed by atoms with Gasteiger partial charge in [-0.1, -0.05) is 90.1 Å². The number of nitriles is 2. The Labute approximate surface area is 293 Å². The predicted molar refractivity (Wildman–Crippen MR) is 207 cm³/mol. The molecule has 0 N–H and O–H groups in total. The number of hydrogen-bond donors (Lipinski definition) is 0. The third-order valence-electron chi connectivity index (χ3n) is 10.1. The molecule has 8 rings (SSSR count). The highest BCUT2D eigenvalue weighted by molar-refractivity contribution is 6.13. The third-order valence-corrected chi connectivity index (χ3v) is 10.1. The summed E-state index contributed by atoms with van der Waals surface area (Å²) in [7, 11) is 0. The van der Waals surface area contributed by atoms with Gasteiger partial charge < -0.3 is 9.13 Å². The molecule has 0 saturated carbocycles. The second-order valence-electron chi connectivity index (χ2n) is 15.4. The summed E-state index contributed by atoms with van der Waals surface area (Å²) in [5.74, 6) is 0. The quantitative estimate of drug-likeness (QED) is 0.192. The highest BCUT2D eigenvalue weighted by Crippen LogP contribution is 2.41. The fraction of sp³-hybridized carbons (Fsp3) is 0.174. The Bertz CT molecular complexity index is 2700. The molecule has 4 heteroatoms. The van der Waals surface area contributed by atoms with Crippen molar-refractivity contribution < 1.29 is 0 Å². The van der Waals surface area contributed by atoms with Crippen LogP contribution >= 0.6 is 0 Å². The third kappa shape index (κ3) is 4.88. The summed E-state index contributed by atoms with van der Waals surface area (Å²) < 4.78 is 4.47. The molecule has 2 heterocycles. The van der Waals surface area contributed by atoms with Gasteiger partial charge in [0.05, 0.1) is 38.9 Å². The van der Waals surface area contributed by atoms with E-state index < -0.39 is 0 Å².